The second kappa shape index (κ2) is 5.72. The normalized spacial score (nSPS) is 14.4. The number of nitrogens with two attached hydrogens (primary N) is 1. The van der Waals surface area contributed by atoms with Gasteiger partial charge in [-0.3, -0.25) is 0 Å². The summed E-state index contributed by atoms with van der Waals surface area (Å²) in [7, 11) is 0. The SMILES string of the molecule is NCCC(O)C(O)c1ccc(C(=O)O)c(F)c1. The van der Waals surface area contributed by atoms with Crippen LogP contribution in [-0.2, 0) is 0 Å². The number of benzene rings is 1. The third-order valence-electron chi connectivity index (χ3n) is 2.39. The summed E-state index contributed by atoms with van der Waals surface area (Å²) in [5.41, 5.74) is 4.86. The monoisotopic (exact) mass is 243 g/mol. The quantitative estimate of drug-likeness (QED) is 0.594. The molecule has 1 aromatic rings. The largest absolute Gasteiger partial charge is 0.478 e. The van der Waals surface area contributed by atoms with Crippen LogP contribution in [0.25, 0.3) is 0 Å². The summed E-state index contributed by atoms with van der Waals surface area (Å²) in [6, 6.07) is 3.20. The van der Waals surface area contributed by atoms with Crippen molar-refractivity contribution in [3.8, 4) is 0 Å². The average Bonchev–Trinajstić information content (AvgIpc) is 2.27. The van der Waals surface area contributed by atoms with Gasteiger partial charge in [-0.25, -0.2) is 9.18 Å². The molecule has 2 atom stereocenters. The van der Waals surface area contributed by atoms with Crippen molar-refractivity contribution in [1.82, 2.24) is 0 Å². The van der Waals surface area contributed by atoms with Crippen LogP contribution in [0.5, 0.6) is 0 Å². The van der Waals surface area contributed by atoms with Crippen LogP contribution in [0.2, 0.25) is 0 Å². The minimum atomic E-state index is -1.38. The van der Waals surface area contributed by atoms with E-state index in [1.807, 2.05) is 0 Å². The van der Waals surface area contributed by atoms with E-state index < -0.39 is 29.6 Å². The van der Waals surface area contributed by atoms with Crippen LogP contribution < -0.4 is 5.73 Å². The van der Waals surface area contributed by atoms with Gasteiger partial charge in [-0.15, -0.1) is 0 Å². The molecule has 2 unspecified atom stereocenters. The van der Waals surface area contributed by atoms with Crippen molar-refractivity contribution in [2.75, 3.05) is 6.54 Å². The van der Waals surface area contributed by atoms with E-state index in [0.717, 1.165) is 12.1 Å². The smallest absolute Gasteiger partial charge is 0.338 e. The van der Waals surface area contributed by atoms with Gasteiger partial charge in [-0.05, 0) is 30.7 Å². The van der Waals surface area contributed by atoms with E-state index in [1.165, 1.54) is 6.07 Å². The highest BCUT2D eigenvalue weighted by Gasteiger charge is 2.20. The molecule has 0 aliphatic heterocycles. The average molecular weight is 243 g/mol. The van der Waals surface area contributed by atoms with Gasteiger partial charge in [-0.1, -0.05) is 6.07 Å². The predicted octanol–water partition coefficient (Wildman–Crippen LogP) is 0.267. The third-order valence-corrected chi connectivity index (χ3v) is 2.39. The first-order valence-corrected chi connectivity index (χ1v) is 5.06. The molecule has 0 saturated carbocycles. The lowest BCUT2D eigenvalue weighted by Crippen LogP contribution is -2.22. The summed E-state index contributed by atoms with van der Waals surface area (Å²) < 4.78 is 13.3. The molecule has 0 aliphatic carbocycles. The van der Waals surface area contributed by atoms with Gasteiger partial charge in [-0.2, -0.15) is 0 Å². The van der Waals surface area contributed by atoms with Crippen molar-refractivity contribution in [3.05, 3.63) is 35.1 Å². The third kappa shape index (κ3) is 3.23. The predicted molar refractivity (Wildman–Crippen MR) is 58.0 cm³/mol. The summed E-state index contributed by atoms with van der Waals surface area (Å²) in [6.07, 6.45) is -2.21. The topological polar surface area (TPSA) is 104 Å². The molecule has 94 valence electrons. The van der Waals surface area contributed by atoms with Crippen molar-refractivity contribution in [3.63, 3.8) is 0 Å². The summed E-state index contributed by atoms with van der Waals surface area (Å²) in [4.78, 5) is 10.6. The van der Waals surface area contributed by atoms with Crippen molar-refractivity contribution >= 4 is 5.97 Å². The highest BCUT2D eigenvalue weighted by Crippen LogP contribution is 2.21. The zero-order valence-corrected chi connectivity index (χ0v) is 9.01. The number of halogens is 1. The van der Waals surface area contributed by atoms with E-state index in [1.54, 1.807) is 0 Å². The first-order valence-electron chi connectivity index (χ1n) is 5.06. The maximum Gasteiger partial charge on any atom is 0.338 e. The van der Waals surface area contributed by atoms with Gasteiger partial charge < -0.3 is 21.1 Å². The first kappa shape index (κ1) is 13.6. The molecule has 0 saturated heterocycles. The molecule has 17 heavy (non-hydrogen) atoms. The fourth-order valence-corrected chi connectivity index (χ4v) is 1.44. The molecule has 0 radical (unpaired) electrons. The van der Waals surface area contributed by atoms with Crippen LogP contribution in [0.15, 0.2) is 18.2 Å². The minimum absolute atomic E-state index is 0.119. The number of hydrogen-bond acceptors (Lipinski definition) is 4. The Labute approximate surface area is 97.3 Å². The summed E-state index contributed by atoms with van der Waals surface area (Å²) in [5.74, 6) is -2.33. The molecule has 0 heterocycles. The number of carbonyl (C=O) groups is 1. The number of aliphatic hydroxyl groups excluding tert-OH is 2. The lowest BCUT2D eigenvalue weighted by Gasteiger charge is -2.17. The Hall–Kier alpha value is -1.50. The summed E-state index contributed by atoms with van der Waals surface area (Å²) >= 11 is 0. The van der Waals surface area contributed by atoms with Crippen LogP contribution in [0.1, 0.15) is 28.4 Å². The summed E-state index contributed by atoms with van der Waals surface area (Å²) in [6.45, 7) is 0.188. The zero-order chi connectivity index (χ0) is 13.0. The Kier molecular flexibility index (Phi) is 4.56. The molecule has 0 spiro atoms. The Balaban J connectivity index is 2.93. The molecule has 0 aliphatic rings. The second-order valence-electron chi connectivity index (χ2n) is 3.63. The fraction of sp³-hybridized carbons (Fsp3) is 0.364. The lowest BCUT2D eigenvalue weighted by atomic mass is 10.0. The van der Waals surface area contributed by atoms with E-state index in [9.17, 15) is 19.4 Å². The Morgan fingerprint density at radius 2 is 2.06 bits per heavy atom. The molecule has 1 rings (SSSR count). The van der Waals surface area contributed by atoms with Gasteiger partial charge in [0, 0.05) is 0 Å². The maximum atomic E-state index is 13.3. The van der Waals surface area contributed by atoms with Gasteiger partial charge in [0.05, 0.1) is 11.7 Å². The lowest BCUT2D eigenvalue weighted by molar-refractivity contribution is 0.0148. The van der Waals surface area contributed by atoms with Gasteiger partial charge in [0.15, 0.2) is 0 Å². The van der Waals surface area contributed by atoms with Crippen LogP contribution in [0, 0.1) is 5.82 Å². The van der Waals surface area contributed by atoms with Crippen molar-refractivity contribution < 1.29 is 24.5 Å². The highest BCUT2D eigenvalue weighted by molar-refractivity contribution is 5.87. The number of carboxylic acids is 1. The molecule has 1 aromatic carbocycles. The van der Waals surface area contributed by atoms with Gasteiger partial charge >= 0.3 is 5.97 Å². The van der Waals surface area contributed by atoms with E-state index >= 15 is 0 Å². The highest BCUT2D eigenvalue weighted by atomic mass is 19.1. The molecular formula is C11H14FNO4. The second-order valence-corrected chi connectivity index (χ2v) is 3.63. The maximum absolute atomic E-state index is 13.3. The Morgan fingerprint density at radius 1 is 1.41 bits per heavy atom. The van der Waals surface area contributed by atoms with Crippen molar-refractivity contribution in [2.24, 2.45) is 5.73 Å². The van der Waals surface area contributed by atoms with E-state index in [4.69, 9.17) is 10.8 Å². The number of hydrogen-bond donors (Lipinski definition) is 4. The van der Waals surface area contributed by atoms with Crippen LogP contribution >= 0.6 is 0 Å². The Morgan fingerprint density at radius 3 is 2.53 bits per heavy atom. The van der Waals surface area contributed by atoms with Crippen LogP contribution in [-0.4, -0.2) is 33.9 Å². The Bertz CT molecular complexity index is 410. The standard InChI is InChI=1S/C11H14FNO4/c12-8-5-6(1-2-7(8)11(16)17)10(15)9(14)3-4-13/h1-2,5,9-10,14-15H,3-4,13H2,(H,16,17). The molecule has 0 fully saturated rings. The van der Waals surface area contributed by atoms with Gasteiger partial charge in [0.25, 0.3) is 0 Å². The van der Waals surface area contributed by atoms with E-state index in [2.05, 4.69) is 0 Å². The molecule has 0 aromatic heterocycles. The van der Waals surface area contributed by atoms with Gasteiger partial charge in [0.1, 0.15) is 11.9 Å². The van der Waals surface area contributed by atoms with Crippen LogP contribution in [0.3, 0.4) is 0 Å². The summed E-state index contributed by atoms with van der Waals surface area (Å²) in [5, 5.41) is 27.7. The van der Waals surface area contributed by atoms with E-state index in [0.29, 0.717) is 0 Å². The molecular weight excluding hydrogens is 229 g/mol. The number of aromatic carboxylic acids is 1. The van der Waals surface area contributed by atoms with E-state index in [-0.39, 0.29) is 18.5 Å². The molecule has 6 heteroatoms. The molecule has 0 bridgehead atoms. The first-order chi connectivity index (χ1) is 7.97. The minimum Gasteiger partial charge on any atom is -0.478 e. The number of carboxylic acid groups (broad SMARTS) is 1. The molecule has 0 amide bonds. The fourth-order valence-electron chi connectivity index (χ4n) is 1.44. The number of rotatable bonds is 5. The van der Waals surface area contributed by atoms with Crippen molar-refractivity contribution in [2.45, 2.75) is 18.6 Å². The number of aliphatic hydroxyl groups is 2. The molecule has 5 N–H and O–H groups in total. The molecule has 5 nitrogen and oxygen atoms in total. The van der Waals surface area contributed by atoms with Gasteiger partial charge in [0.2, 0.25) is 0 Å². The van der Waals surface area contributed by atoms with Crippen LogP contribution in [0.4, 0.5) is 4.39 Å². The zero-order valence-electron chi connectivity index (χ0n) is 9.01. The van der Waals surface area contributed by atoms with Crippen molar-refractivity contribution in [1.29, 1.82) is 0 Å².